The zero-order valence-electron chi connectivity index (χ0n) is 10.1. The molecule has 0 atom stereocenters. The lowest BCUT2D eigenvalue weighted by atomic mass is 10.2. The molecule has 0 unspecified atom stereocenters. The van der Waals surface area contributed by atoms with Gasteiger partial charge in [0.25, 0.3) is 5.91 Å². The number of thioether (sulfide) groups is 1. The molecule has 0 aliphatic rings. The number of amides is 1. The van der Waals surface area contributed by atoms with Crippen LogP contribution in [0.1, 0.15) is 10.4 Å². The molecule has 0 bridgehead atoms. The fourth-order valence-electron chi connectivity index (χ4n) is 1.49. The number of ether oxygens (including phenoxy) is 1. The number of methoxy groups -OCH3 is 1. The second-order valence-electron chi connectivity index (χ2n) is 3.53. The van der Waals surface area contributed by atoms with Crippen LogP contribution in [-0.2, 0) is 0 Å². The predicted octanol–water partition coefficient (Wildman–Crippen LogP) is 3.73. The first-order chi connectivity index (χ1) is 8.74. The summed E-state index contributed by atoms with van der Waals surface area (Å²) < 4.78 is 5.28. The van der Waals surface area contributed by atoms with Crippen LogP contribution in [0.25, 0.3) is 0 Å². The Hall–Kier alpha value is -1.46. The minimum absolute atomic E-state index is 0.119. The zero-order chi connectivity index (χ0) is 13.0. The smallest absolute Gasteiger partial charge is 0.256 e. The Morgan fingerprint density at radius 3 is 2.83 bits per heavy atom. The van der Waals surface area contributed by atoms with E-state index in [-0.39, 0.29) is 5.91 Å². The van der Waals surface area contributed by atoms with Gasteiger partial charge in [0.15, 0.2) is 0 Å². The van der Waals surface area contributed by atoms with E-state index < -0.39 is 0 Å². The Morgan fingerprint density at radius 1 is 1.39 bits per heavy atom. The monoisotopic (exact) mass is 279 g/mol. The van der Waals surface area contributed by atoms with Crippen molar-refractivity contribution in [3.05, 3.63) is 40.6 Å². The number of anilines is 1. The normalized spacial score (nSPS) is 10.1. The number of benzene rings is 1. The van der Waals surface area contributed by atoms with E-state index in [1.807, 2.05) is 35.2 Å². The van der Waals surface area contributed by atoms with Gasteiger partial charge in [0.1, 0.15) is 5.75 Å². The Bertz CT molecular complexity index is 538. The third kappa shape index (κ3) is 2.86. The quantitative estimate of drug-likeness (QED) is 0.867. The summed E-state index contributed by atoms with van der Waals surface area (Å²) in [5.74, 6) is 0.553. The van der Waals surface area contributed by atoms with E-state index in [2.05, 4.69) is 5.32 Å². The topological polar surface area (TPSA) is 38.3 Å². The third-order valence-corrected chi connectivity index (χ3v) is 3.85. The van der Waals surface area contributed by atoms with Crippen LogP contribution in [0.4, 0.5) is 5.69 Å². The fraction of sp³-hybridized carbons (Fsp3) is 0.154. The van der Waals surface area contributed by atoms with Gasteiger partial charge in [-0.1, -0.05) is 0 Å². The fourth-order valence-corrected chi connectivity index (χ4v) is 2.55. The van der Waals surface area contributed by atoms with Crippen molar-refractivity contribution >= 4 is 34.7 Å². The first kappa shape index (κ1) is 13.0. The van der Waals surface area contributed by atoms with Crippen LogP contribution in [0, 0.1) is 0 Å². The minimum atomic E-state index is -0.119. The first-order valence-corrected chi connectivity index (χ1v) is 7.47. The summed E-state index contributed by atoms with van der Waals surface area (Å²) in [7, 11) is 1.60. The summed E-state index contributed by atoms with van der Waals surface area (Å²) in [4.78, 5) is 13.0. The molecule has 2 rings (SSSR count). The van der Waals surface area contributed by atoms with Crippen LogP contribution in [-0.4, -0.2) is 19.3 Å². The second-order valence-corrected chi connectivity index (χ2v) is 5.19. The maximum Gasteiger partial charge on any atom is 0.256 e. The van der Waals surface area contributed by atoms with Crippen LogP contribution < -0.4 is 10.1 Å². The minimum Gasteiger partial charge on any atom is -0.495 e. The van der Waals surface area contributed by atoms with Gasteiger partial charge in [-0.05, 0) is 35.9 Å². The lowest BCUT2D eigenvalue weighted by Gasteiger charge is -2.10. The van der Waals surface area contributed by atoms with Gasteiger partial charge in [-0.2, -0.15) is 11.3 Å². The molecule has 1 aromatic heterocycles. The van der Waals surface area contributed by atoms with Crippen LogP contribution in [0.2, 0.25) is 0 Å². The molecule has 0 radical (unpaired) electrons. The molecule has 2 aromatic rings. The molecular weight excluding hydrogens is 266 g/mol. The summed E-state index contributed by atoms with van der Waals surface area (Å²) >= 11 is 3.13. The molecule has 0 fully saturated rings. The van der Waals surface area contributed by atoms with E-state index >= 15 is 0 Å². The van der Waals surface area contributed by atoms with Gasteiger partial charge < -0.3 is 10.1 Å². The third-order valence-electron chi connectivity index (χ3n) is 2.44. The molecule has 1 N–H and O–H groups in total. The number of hydrogen-bond donors (Lipinski definition) is 1. The standard InChI is InChI=1S/C13H13NO2S2/c1-16-12-7-10(17-2)3-4-11(12)14-13(15)9-5-6-18-8-9/h3-8H,1-2H3,(H,14,15). The number of thiophene rings is 1. The van der Waals surface area contributed by atoms with E-state index in [1.54, 1.807) is 24.9 Å². The SMILES string of the molecule is COc1cc(SC)ccc1NC(=O)c1ccsc1. The van der Waals surface area contributed by atoms with Crippen molar-refractivity contribution in [2.75, 3.05) is 18.7 Å². The number of rotatable bonds is 4. The average Bonchev–Trinajstić information content (AvgIpc) is 2.93. The highest BCUT2D eigenvalue weighted by atomic mass is 32.2. The maximum absolute atomic E-state index is 11.9. The van der Waals surface area contributed by atoms with Gasteiger partial charge >= 0.3 is 0 Å². The van der Waals surface area contributed by atoms with Crippen LogP contribution in [0.5, 0.6) is 5.75 Å². The summed E-state index contributed by atoms with van der Waals surface area (Å²) in [6, 6.07) is 7.52. The van der Waals surface area contributed by atoms with Gasteiger partial charge in [0.05, 0.1) is 18.4 Å². The molecule has 94 valence electrons. The van der Waals surface area contributed by atoms with Crippen LogP contribution >= 0.6 is 23.1 Å². The highest BCUT2D eigenvalue weighted by Crippen LogP contribution is 2.29. The largest absolute Gasteiger partial charge is 0.495 e. The van der Waals surface area contributed by atoms with Crippen molar-refractivity contribution in [1.29, 1.82) is 0 Å². The number of nitrogens with one attached hydrogen (secondary N) is 1. The van der Waals surface area contributed by atoms with Gasteiger partial charge in [0.2, 0.25) is 0 Å². The van der Waals surface area contributed by atoms with Gasteiger partial charge in [-0.3, -0.25) is 4.79 Å². The molecule has 5 heteroatoms. The second kappa shape index (κ2) is 5.93. The lowest BCUT2D eigenvalue weighted by molar-refractivity contribution is 0.102. The molecule has 0 aliphatic carbocycles. The van der Waals surface area contributed by atoms with Crippen LogP contribution in [0.3, 0.4) is 0 Å². The Kier molecular flexibility index (Phi) is 4.28. The predicted molar refractivity (Wildman–Crippen MR) is 77.0 cm³/mol. The molecular formula is C13H13NO2S2. The van der Waals surface area contributed by atoms with Gasteiger partial charge in [-0.25, -0.2) is 0 Å². The van der Waals surface area contributed by atoms with E-state index in [9.17, 15) is 4.79 Å². The molecule has 1 heterocycles. The zero-order valence-corrected chi connectivity index (χ0v) is 11.7. The van der Waals surface area contributed by atoms with E-state index in [0.29, 0.717) is 17.0 Å². The highest BCUT2D eigenvalue weighted by molar-refractivity contribution is 7.98. The summed E-state index contributed by atoms with van der Waals surface area (Å²) in [6.07, 6.45) is 2.00. The van der Waals surface area contributed by atoms with E-state index in [0.717, 1.165) is 4.90 Å². The van der Waals surface area contributed by atoms with Crippen molar-refractivity contribution in [2.24, 2.45) is 0 Å². The molecule has 0 saturated carbocycles. The molecule has 0 aliphatic heterocycles. The number of carbonyl (C=O) groups excluding carboxylic acids is 1. The molecule has 3 nitrogen and oxygen atoms in total. The lowest BCUT2D eigenvalue weighted by Crippen LogP contribution is -2.11. The molecule has 1 amide bonds. The van der Waals surface area contributed by atoms with Crippen molar-refractivity contribution in [3.8, 4) is 5.75 Å². The molecule has 0 saturated heterocycles. The van der Waals surface area contributed by atoms with E-state index in [1.165, 1.54) is 11.3 Å². The maximum atomic E-state index is 11.9. The van der Waals surface area contributed by atoms with Crippen molar-refractivity contribution < 1.29 is 9.53 Å². The highest BCUT2D eigenvalue weighted by Gasteiger charge is 2.10. The summed E-state index contributed by atoms with van der Waals surface area (Å²) in [6.45, 7) is 0. The van der Waals surface area contributed by atoms with Gasteiger partial charge in [-0.15, -0.1) is 11.8 Å². The van der Waals surface area contributed by atoms with Crippen molar-refractivity contribution in [3.63, 3.8) is 0 Å². The van der Waals surface area contributed by atoms with Gasteiger partial charge in [0, 0.05) is 10.3 Å². The molecule has 18 heavy (non-hydrogen) atoms. The molecule has 0 spiro atoms. The Morgan fingerprint density at radius 2 is 2.22 bits per heavy atom. The Balaban J connectivity index is 2.21. The first-order valence-electron chi connectivity index (χ1n) is 5.30. The number of hydrogen-bond acceptors (Lipinski definition) is 4. The van der Waals surface area contributed by atoms with Crippen molar-refractivity contribution in [2.45, 2.75) is 4.90 Å². The van der Waals surface area contributed by atoms with Crippen LogP contribution in [0.15, 0.2) is 39.9 Å². The number of carbonyl (C=O) groups is 1. The summed E-state index contributed by atoms with van der Waals surface area (Å²) in [5, 5.41) is 6.54. The van der Waals surface area contributed by atoms with Crippen molar-refractivity contribution in [1.82, 2.24) is 0 Å². The molecule has 1 aromatic carbocycles. The summed E-state index contributed by atoms with van der Waals surface area (Å²) in [5.41, 5.74) is 1.35. The average molecular weight is 279 g/mol. The Labute approximate surface area is 114 Å². The van der Waals surface area contributed by atoms with E-state index in [4.69, 9.17) is 4.74 Å².